The average Bonchev–Trinajstić information content (AvgIpc) is 3.14. The Morgan fingerprint density at radius 1 is 0.897 bits per heavy atom. The van der Waals surface area contributed by atoms with Gasteiger partial charge in [0.15, 0.2) is 0 Å². The van der Waals surface area contributed by atoms with Gasteiger partial charge in [0.05, 0.1) is 11.4 Å². The molecule has 0 radical (unpaired) electrons. The van der Waals surface area contributed by atoms with Gasteiger partial charge in [0.25, 0.3) is 0 Å². The Hall–Kier alpha value is -3.66. The van der Waals surface area contributed by atoms with Crippen molar-refractivity contribution in [2.75, 3.05) is 5.32 Å². The van der Waals surface area contributed by atoms with Crippen molar-refractivity contribution in [1.29, 1.82) is 0 Å². The van der Waals surface area contributed by atoms with Crippen LogP contribution in [-0.2, 0) is 4.79 Å². The number of aryl methyl sites for hydroxylation is 1. The summed E-state index contributed by atoms with van der Waals surface area (Å²) in [6.45, 7) is 2.08. The predicted molar refractivity (Wildman–Crippen MR) is 115 cm³/mol. The van der Waals surface area contributed by atoms with Crippen molar-refractivity contribution in [3.05, 3.63) is 102 Å². The van der Waals surface area contributed by atoms with Crippen LogP contribution in [0, 0.1) is 6.92 Å². The van der Waals surface area contributed by atoms with Gasteiger partial charge in [-0.15, -0.1) is 0 Å². The number of rotatable bonds is 3. The maximum absolute atomic E-state index is 12.7. The van der Waals surface area contributed by atoms with Crippen molar-refractivity contribution < 1.29 is 4.79 Å². The number of benzene rings is 3. The molecule has 1 aromatic heterocycles. The Morgan fingerprint density at radius 3 is 2.24 bits per heavy atom. The highest BCUT2D eigenvalue weighted by atomic mass is 16.1. The normalized spacial score (nSPS) is 15.6. The molecule has 1 aliphatic heterocycles. The number of hydrogen-bond donors (Lipinski definition) is 1. The number of para-hydroxylation sites is 1. The molecule has 2 heterocycles. The zero-order valence-corrected chi connectivity index (χ0v) is 16.2. The Balaban J connectivity index is 1.77. The van der Waals surface area contributed by atoms with Crippen molar-refractivity contribution >= 4 is 11.7 Å². The van der Waals surface area contributed by atoms with Gasteiger partial charge < -0.3 is 5.32 Å². The van der Waals surface area contributed by atoms with Crippen LogP contribution in [0.3, 0.4) is 0 Å². The molecule has 3 aromatic carbocycles. The molecule has 0 fully saturated rings. The maximum Gasteiger partial charge on any atom is 0.226 e. The zero-order valence-electron chi connectivity index (χ0n) is 16.2. The fourth-order valence-corrected chi connectivity index (χ4v) is 4.00. The first kappa shape index (κ1) is 17.4. The third-order valence-electron chi connectivity index (χ3n) is 5.45. The van der Waals surface area contributed by atoms with Crippen LogP contribution in [0.2, 0.25) is 0 Å². The van der Waals surface area contributed by atoms with Crippen LogP contribution in [0.1, 0.15) is 29.0 Å². The highest BCUT2D eigenvalue weighted by molar-refractivity contribution is 5.96. The molecule has 4 nitrogen and oxygen atoms in total. The first-order valence-electron chi connectivity index (χ1n) is 9.81. The quantitative estimate of drug-likeness (QED) is 0.523. The summed E-state index contributed by atoms with van der Waals surface area (Å²) in [5.41, 5.74) is 6.30. The fraction of sp³-hybridized carbons (Fsp3) is 0.120. The molecule has 0 spiro atoms. The molecular formula is C25H21N3O. The first-order valence-corrected chi connectivity index (χ1v) is 9.81. The highest BCUT2D eigenvalue weighted by Gasteiger charge is 2.34. The lowest BCUT2D eigenvalue weighted by molar-refractivity contribution is -0.116. The Bertz CT molecular complexity index is 1160. The lowest BCUT2D eigenvalue weighted by Gasteiger charge is -2.25. The number of anilines is 1. The van der Waals surface area contributed by atoms with E-state index in [1.807, 2.05) is 53.2 Å². The second-order valence-corrected chi connectivity index (χ2v) is 7.44. The SMILES string of the molecule is Cc1ccc(C2CC(=O)Nc3c2c(-c2ccccc2)nn3-c2ccccc2)cc1. The second kappa shape index (κ2) is 7.06. The third-order valence-corrected chi connectivity index (χ3v) is 5.45. The molecule has 0 saturated carbocycles. The van der Waals surface area contributed by atoms with Crippen LogP contribution < -0.4 is 5.32 Å². The standard InChI is InChI=1S/C25H21N3O/c1-17-12-14-18(15-13-17)21-16-22(29)26-25-23(21)24(19-8-4-2-5-9-19)27-28(25)20-10-6-3-7-11-20/h2-15,21H,16H2,1H3,(H,26,29). The third kappa shape index (κ3) is 3.13. The number of fused-ring (bicyclic) bond motifs is 1. The summed E-state index contributed by atoms with van der Waals surface area (Å²) >= 11 is 0. The van der Waals surface area contributed by atoms with Crippen LogP contribution in [-0.4, -0.2) is 15.7 Å². The molecule has 29 heavy (non-hydrogen) atoms. The predicted octanol–water partition coefficient (Wildman–Crippen LogP) is 5.32. The molecule has 0 bridgehead atoms. The molecule has 1 atom stereocenters. The van der Waals surface area contributed by atoms with E-state index >= 15 is 0 Å². The highest BCUT2D eigenvalue weighted by Crippen LogP contribution is 2.43. The minimum Gasteiger partial charge on any atom is -0.310 e. The van der Waals surface area contributed by atoms with E-state index in [9.17, 15) is 4.79 Å². The Morgan fingerprint density at radius 2 is 1.55 bits per heavy atom. The van der Waals surface area contributed by atoms with Crippen LogP contribution in [0.4, 0.5) is 5.82 Å². The van der Waals surface area contributed by atoms with Crippen LogP contribution in [0.25, 0.3) is 16.9 Å². The van der Waals surface area contributed by atoms with Crippen molar-refractivity contribution in [2.45, 2.75) is 19.3 Å². The molecule has 5 rings (SSSR count). The fourth-order valence-electron chi connectivity index (χ4n) is 4.00. The number of nitrogens with one attached hydrogen (secondary N) is 1. The molecule has 4 heteroatoms. The van der Waals surface area contributed by atoms with E-state index < -0.39 is 0 Å². The van der Waals surface area contributed by atoms with Crippen molar-refractivity contribution in [3.8, 4) is 16.9 Å². The Labute approximate surface area is 169 Å². The van der Waals surface area contributed by atoms with E-state index in [0.29, 0.717) is 6.42 Å². The molecule has 1 amide bonds. The first-order chi connectivity index (χ1) is 14.2. The second-order valence-electron chi connectivity index (χ2n) is 7.44. The maximum atomic E-state index is 12.7. The van der Waals surface area contributed by atoms with Gasteiger partial charge in [-0.2, -0.15) is 5.10 Å². The summed E-state index contributed by atoms with van der Waals surface area (Å²) < 4.78 is 1.86. The van der Waals surface area contributed by atoms with Crippen molar-refractivity contribution in [3.63, 3.8) is 0 Å². The molecule has 4 aromatic rings. The van der Waals surface area contributed by atoms with Gasteiger partial charge in [0.2, 0.25) is 5.91 Å². The van der Waals surface area contributed by atoms with E-state index in [0.717, 1.165) is 33.9 Å². The number of carbonyl (C=O) groups is 1. The topological polar surface area (TPSA) is 46.9 Å². The molecule has 142 valence electrons. The van der Waals surface area contributed by atoms with E-state index in [1.165, 1.54) is 5.56 Å². The molecule has 0 saturated heterocycles. The molecule has 1 unspecified atom stereocenters. The average molecular weight is 379 g/mol. The Kier molecular flexibility index (Phi) is 4.24. The van der Waals surface area contributed by atoms with Gasteiger partial charge in [0.1, 0.15) is 5.82 Å². The van der Waals surface area contributed by atoms with Gasteiger partial charge in [-0.05, 0) is 24.6 Å². The molecule has 0 aliphatic carbocycles. The summed E-state index contributed by atoms with van der Waals surface area (Å²) in [6.07, 6.45) is 0.413. The minimum absolute atomic E-state index is 0.0137. The summed E-state index contributed by atoms with van der Waals surface area (Å²) in [7, 11) is 0. The largest absolute Gasteiger partial charge is 0.310 e. The van der Waals surface area contributed by atoms with Crippen molar-refractivity contribution in [2.24, 2.45) is 0 Å². The monoisotopic (exact) mass is 379 g/mol. The molecule has 1 aliphatic rings. The van der Waals surface area contributed by atoms with Gasteiger partial charge in [-0.25, -0.2) is 4.68 Å². The number of amides is 1. The number of hydrogen-bond acceptors (Lipinski definition) is 2. The molecular weight excluding hydrogens is 358 g/mol. The molecule has 1 N–H and O–H groups in total. The van der Waals surface area contributed by atoms with Gasteiger partial charge in [0, 0.05) is 23.5 Å². The van der Waals surface area contributed by atoms with Crippen LogP contribution in [0.15, 0.2) is 84.9 Å². The summed E-state index contributed by atoms with van der Waals surface area (Å²) in [5.74, 6) is 0.740. The summed E-state index contributed by atoms with van der Waals surface area (Å²) in [5, 5.41) is 8.05. The summed E-state index contributed by atoms with van der Waals surface area (Å²) in [6, 6.07) is 28.6. The zero-order chi connectivity index (χ0) is 19.8. The number of nitrogens with zero attached hydrogens (tertiary/aromatic N) is 2. The number of carbonyl (C=O) groups excluding carboxylic acids is 1. The lowest BCUT2D eigenvalue weighted by Crippen LogP contribution is -2.24. The van der Waals surface area contributed by atoms with E-state index in [-0.39, 0.29) is 11.8 Å². The van der Waals surface area contributed by atoms with Crippen molar-refractivity contribution in [1.82, 2.24) is 9.78 Å². The summed E-state index contributed by atoms with van der Waals surface area (Å²) in [4.78, 5) is 12.7. The van der Waals surface area contributed by atoms with Gasteiger partial charge >= 0.3 is 0 Å². The van der Waals surface area contributed by atoms with E-state index in [1.54, 1.807) is 0 Å². The van der Waals surface area contributed by atoms with E-state index in [4.69, 9.17) is 5.10 Å². The minimum atomic E-state index is -0.0352. The number of aromatic nitrogens is 2. The van der Waals surface area contributed by atoms with Crippen LogP contribution in [0.5, 0.6) is 0 Å². The lowest BCUT2D eigenvalue weighted by atomic mass is 9.84. The van der Waals surface area contributed by atoms with Gasteiger partial charge in [-0.3, -0.25) is 4.79 Å². The van der Waals surface area contributed by atoms with Gasteiger partial charge in [-0.1, -0.05) is 78.4 Å². The smallest absolute Gasteiger partial charge is 0.226 e. The van der Waals surface area contributed by atoms with Crippen LogP contribution >= 0.6 is 0 Å². The van der Waals surface area contributed by atoms with E-state index in [2.05, 4.69) is 48.6 Å².